The third kappa shape index (κ3) is 3.20. The van der Waals surface area contributed by atoms with Gasteiger partial charge in [-0.05, 0) is 53.5 Å². The quantitative estimate of drug-likeness (QED) is 0.623. The Labute approximate surface area is 156 Å². The maximum Gasteiger partial charge on any atom is 0.337 e. The molecule has 3 rings (SSSR count). The molecule has 2 aromatic carbocycles. The summed E-state index contributed by atoms with van der Waals surface area (Å²) in [4.78, 5) is 11.5. The predicted molar refractivity (Wildman–Crippen MR) is 97.3 cm³/mol. The van der Waals surface area contributed by atoms with E-state index in [9.17, 15) is 18.7 Å². The number of benzene rings is 2. The molecule has 8 heteroatoms. The van der Waals surface area contributed by atoms with Gasteiger partial charge in [-0.25, -0.2) is 18.3 Å². The van der Waals surface area contributed by atoms with Crippen molar-refractivity contribution in [3.8, 4) is 5.69 Å². The summed E-state index contributed by atoms with van der Waals surface area (Å²) in [6, 6.07) is 8.03. The van der Waals surface area contributed by atoms with Gasteiger partial charge in [-0.15, -0.1) is 0 Å². The summed E-state index contributed by atoms with van der Waals surface area (Å²) < 4.78 is 29.3. The van der Waals surface area contributed by atoms with Gasteiger partial charge in [0.1, 0.15) is 17.3 Å². The number of aryl methyl sites for hydroxylation is 2. The first-order valence-electron chi connectivity index (χ1n) is 7.60. The van der Waals surface area contributed by atoms with Gasteiger partial charge in [0.05, 0.1) is 21.4 Å². The van der Waals surface area contributed by atoms with Crippen molar-refractivity contribution in [2.75, 3.05) is 5.32 Å². The number of rotatable bonds is 4. The number of nitrogens with zero attached hydrogens (tertiary/aromatic N) is 2. The number of carbonyl (C=O) groups is 1. The van der Waals surface area contributed by atoms with Crippen molar-refractivity contribution in [1.29, 1.82) is 0 Å². The van der Waals surface area contributed by atoms with E-state index in [-0.39, 0.29) is 11.3 Å². The highest BCUT2D eigenvalue weighted by Crippen LogP contribution is 2.34. The van der Waals surface area contributed by atoms with E-state index in [1.54, 1.807) is 26.0 Å². The van der Waals surface area contributed by atoms with Crippen LogP contribution in [0, 0.1) is 25.5 Å². The summed E-state index contributed by atoms with van der Waals surface area (Å²) >= 11 is 3.39. The van der Waals surface area contributed by atoms with E-state index in [0.29, 0.717) is 27.2 Å². The zero-order valence-electron chi connectivity index (χ0n) is 13.8. The fourth-order valence-corrected chi connectivity index (χ4v) is 2.92. The minimum Gasteiger partial charge on any atom is -0.478 e. The lowest BCUT2D eigenvalue weighted by molar-refractivity contribution is 0.0698. The van der Waals surface area contributed by atoms with Crippen molar-refractivity contribution in [2.24, 2.45) is 0 Å². The molecule has 0 saturated carbocycles. The van der Waals surface area contributed by atoms with E-state index in [2.05, 4.69) is 26.3 Å². The van der Waals surface area contributed by atoms with Crippen molar-refractivity contribution in [3.05, 3.63) is 69.3 Å². The van der Waals surface area contributed by atoms with Crippen LogP contribution < -0.4 is 5.32 Å². The molecule has 0 spiro atoms. The molecule has 134 valence electrons. The zero-order chi connectivity index (χ0) is 19.0. The van der Waals surface area contributed by atoms with Gasteiger partial charge in [0.2, 0.25) is 0 Å². The number of para-hydroxylation sites is 1. The molecular formula is C18H14BrF2N3O2. The van der Waals surface area contributed by atoms with Crippen LogP contribution in [0.5, 0.6) is 0 Å². The van der Waals surface area contributed by atoms with Crippen LogP contribution in [-0.4, -0.2) is 20.9 Å². The lowest BCUT2D eigenvalue weighted by Gasteiger charge is -2.15. The molecule has 0 unspecified atom stereocenters. The Bertz CT molecular complexity index is 1020. The lowest BCUT2D eigenvalue weighted by atomic mass is 10.1. The number of anilines is 2. The molecule has 2 N–H and O–H groups in total. The van der Waals surface area contributed by atoms with Gasteiger partial charge in [-0.1, -0.05) is 12.1 Å². The van der Waals surface area contributed by atoms with Crippen LogP contribution >= 0.6 is 15.9 Å². The van der Waals surface area contributed by atoms with Gasteiger partial charge >= 0.3 is 5.97 Å². The summed E-state index contributed by atoms with van der Waals surface area (Å²) in [5, 5.41) is 16.7. The van der Waals surface area contributed by atoms with Gasteiger partial charge in [-0.2, -0.15) is 5.10 Å². The SMILES string of the molecule is Cc1cccc(C(=O)O)c1Nc1c(Br)c(C)nn1-c1ccc(F)cc1F. The third-order valence-corrected chi connectivity index (χ3v) is 4.82. The van der Waals surface area contributed by atoms with Crippen LogP contribution in [0.3, 0.4) is 0 Å². The Morgan fingerprint density at radius 1 is 1.23 bits per heavy atom. The summed E-state index contributed by atoms with van der Waals surface area (Å²) in [7, 11) is 0. The first-order chi connectivity index (χ1) is 12.3. The highest BCUT2D eigenvalue weighted by molar-refractivity contribution is 9.10. The molecule has 0 atom stereocenters. The average Bonchev–Trinajstić information content (AvgIpc) is 2.84. The highest BCUT2D eigenvalue weighted by atomic mass is 79.9. The smallest absolute Gasteiger partial charge is 0.337 e. The summed E-state index contributed by atoms with van der Waals surface area (Å²) in [6.07, 6.45) is 0. The second-order valence-corrected chi connectivity index (χ2v) is 6.48. The molecule has 0 bridgehead atoms. The molecule has 5 nitrogen and oxygen atoms in total. The van der Waals surface area contributed by atoms with Crippen LogP contribution in [0.15, 0.2) is 40.9 Å². The van der Waals surface area contributed by atoms with Crippen molar-refractivity contribution >= 4 is 33.4 Å². The number of hydrogen-bond donors (Lipinski definition) is 2. The van der Waals surface area contributed by atoms with Crippen LogP contribution in [0.2, 0.25) is 0 Å². The largest absolute Gasteiger partial charge is 0.478 e. The molecule has 0 aliphatic heterocycles. The molecule has 0 aliphatic rings. The number of carboxylic acid groups (broad SMARTS) is 1. The minimum atomic E-state index is -1.09. The number of nitrogens with one attached hydrogen (secondary N) is 1. The molecular weight excluding hydrogens is 408 g/mol. The number of aromatic nitrogens is 2. The molecule has 1 heterocycles. The first-order valence-corrected chi connectivity index (χ1v) is 8.39. The van der Waals surface area contributed by atoms with Crippen LogP contribution in [-0.2, 0) is 0 Å². The molecule has 0 fully saturated rings. The van der Waals surface area contributed by atoms with Crippen LogP contribution in [0.25, 0.3) is 5.69 Å². The summed E-state index contributed by atoms with van der Waals surface area (Å²) in [5.74, 6) is -2.24. The number of hydrogen-bond acceptors (Lipinski definition) is 3. The maximum absolute atomic E-state index is 14.2. The Morgan fingerprint density at radius 2 is 1.96 bits per heavy atom. The number of aromatic carboxylic acids is 1. The van der Waals surface area contributed by atoms with E-state index in [1.807, 2.05) is 0 Å². The standard InChI is InChI=1S/C18H14BrF2N3O2/c1-9-4-3-5-12(18(25)26)16(9)22-17-15(19)10(2)23-24(17)14-7-6-11(20)8-13(14)21/h3-8,22H,1-2H3,(H,25,26). The van der Waals surface area contributed by atoms with E-state index < -0.39 is 17.6 Å². The molecule has 26 heavy (non-hydrogen) atoms. The summed E-state index contributed by atoms with van der Waals surface area (Å²) in [6.45, 7) is 3.47. The van der Waals surface area contributed by atoms with Crippen molar-refractivity contribution in [3.63, 3.8) is 0 Å². The van der Waals surface area contributed by atoms with E-state index >= 15 is 0 Å². The van der Waals surface area contributed by atoms with Crippen LogP contribution in [0.4, 0.5) is 20.3 Å². The third-order valence-electron chi connectivity index (χ3n) is 3.87. The van der Waals surface area contributed by atoms with Gasteiger partial charge in [0.25, 0.3) is 0 Å². The minimum absolute atomic E-state index is 0.0353. The monoisotopic (exact) mass is 421 g/mol. The molecule has 0 saturated heterocycles. The predicted octanol–water partition coefficient (Wildman–Crippen LogP) is 4.97. The van der Waals surface area contributed by atoms with Gasteiger partial charge in [0, 0.05) is 6.07 Å². The fraction of sp³-hybridized carbons (Fsp3) is 0.111. The molecule has 0 aliphatic carbocycles. The zero-order valence-corrected chi connectivity index (χ0v) is 15.4. The molecule has 1 aromatic heterocycles. The molecule has 0 radical (unpaired) electrons. The lowest BCUT2D eigenvalue weighted by Crippen LogP contribution is -2.09. The average molecular weight is 422 g/mol. The second-order valence-electron chi connectivity index (χ2n) is 5.68. The number of carboxylic acids is 1. The van der Waals surface area contributed by atoms with E-state index in [0.717, 1.165) is 12.1 Å². The Kier molecular flexibility index (Phi) is 4.78. The van der Waals surface area contributed by atoms with Gasteiger partial charge in [0.15, 0.2) is 5.82 Å². The Balaban J connectivity index is 2.18. The van der Waals surface area contributed by atoms with Crippen molar-refractivity contribution in [1.82, 2.24) is 9.78 Å². The van der Waals surface area contributed by atoms with Crippen molar-refractivity contribution in [2.45, 2.75) is 13.8 Å². The summed E-state index contributed by atoms with van der Waals surface area (Å²) in [5.41, 5.74) is 1.72. The molecule has 3 aromatic rings. The Hall–Kier alpha value is -2.74. The highest BCUT2D eigenvalue weighted by Gasteiger charge is 2.20. The first kappa shape index (κ1) is 18.1. The Morgan fingerprint density at radius 3 is 2.62 bits per heavy atom. The normalized spacial score (nSPS) is 10.8. The van der Waals surface area contributed by atoms with Crippen LogP contribution in [0.1, 0.15) is 21.6 Å². The van der Waals surface area contributed by atoms with Gasteiger partial charge < -0.3 is 10.4 Å². The fourth-order valence-electron chi connectivity index (χ4n) is 2.57. The topological polar surface area (TPSA) is 67.2 Å². The maximum atomic E-state index is 14.2. The second kappa shape index (κ2) is 6.87. The van der Waals surface area contributed by atoms with E-state index in [1.165, 1.54) is 16.8 Å². The van der Waals surface area contributed by atoms with E-state index in [4.69, 9.17) is 0 Å². The number of halogens is 3. The van der Waals surface area contributed by atoms with Gasteiger partial charge in [-0.3, -0.25) is 0 Å². The molecule has 0 amide bonds. The van der Waals surface area contributed by atoms with Crippen molar-refractivity contribution < 1.29 is 18.7 Å².